The largest absolute Gasteiger partial charge is 0.453 e. The molecular weight excluding hydrogens is 611 g/mol. The fourth-order valence-electron chi connectivity index (χ4n) is 8.45. The molecule has 1 N–H and O–H groups in total. The first-order valence-corrected chi connectivity index (χ1v) is 18.1. The van der Waals surface area contributed by atoms with E-state index in [1.54, 1.807) is 0 Å². The number of unbranched alkanes of at least 4 members (excludes halogenated alkanes) is 6. The van der Waals surface area contributed by atoms with Crippen LogP contribution in [0.2, 0.25) is 0 Å². The van der Waals surface area contributed by atoms with E-state index in [0.29, 0.717) is 41.6 Å². The summed E-state index contributed by atoms with van der Waals surface area (Å²) in [6.45, 7) is 8.02. The summed E-state index contributed by atoms with van der Waals surface area (Å²) in [5.41, 5.74) is 3.59. The van der Waals surface area contributed by atoms with Gasteiger partial charge in [0.15, 0.2) is 0 Å². The highest BCUT2D eigenvalue weighted by Crippen LogP contribution is 2.64. The molecule has 2 saturated carbocycles. The summed E-state index contributed by atoms with van der Waals surface area (Å²) in [7, 11) is -1.37. The number of rotatable bonds is 15. The summed E-state index contributed by atoms with van der Waals surface area (Å²) < 4.78 is 80.2. The Kier molecular flexibility index (Phi) is 12.0. The van der Waals surface area contributed by atoms with Crippen LogP contribution >= 0.6 is 0 Å². The zero-order chi connectivity index (χ0) is 33.0. The minimum absolute atomic E-state index is 0.0359. The van der Waals surface area contributed by atoms with E-state index in [0.717, 1.165) is 76.2 Å². The lowest BCUT2D eigenvalue weighted by molar-refractivity contribution is -0.284. The molecule has 5 unspecified atom stereocenters. The molecule has 0 aliphatic heterocycles. The van der Waals surface area contributed by atoms with Gasteiger partial charge in [-0.1, -0.05) is 58.1 Å². The summed E-state index contributed by atoms with van der Waals surface area (Å²) >= 11 is 0. The Hall–Kier alpha value is -1.81. The summed E-state index contributed by atoms with van der Waals surface area (Å²) in [5.74, 6) is -2.47. The zero-order valence-electron chi connectivity index (χ0n) is 26.6. The molecule has 0 spiro atoms. The van der Waals surface area contributed by atoms with Gasteiger partial charge in [0.1, 0.15) is 5.75 Å². The van der Waals surface area contributed by atoms with Gasteiger partial charge < -0.3 is 9.84 Å². The van der Waals surface area contributed by atoms with Crippen molar-refractivity contribution in [1.82, 2.24) is 0 Å². The fourth-order valence-corrected chi connectivity index (χ4v) is 9.65. The topological polar surface area (TPSA) is 63.6 Å². The van der Waals surface area contributed by atoms with Gasteiger partial charge in [0, 0.05) is 35.6 Å². The second kappa shape index (κ2) is 15.0. The van der Waals surface area contributed by atoms with E-state index in [2.05, 4.69) is 19.6 Å². The van der Waals surface area contributed by atoms with Crippen LogP contribution in [-0.2, 0) is 22.0 Å². The van der Waals surface area contributed by atoms with E-state index in [4.69, 9.17) is 4.74 Å². The predicted octanol–water partition coefficient (Wildman–Crippen LogP) is 9.07. The van der Waals surface area contributed by atoms with Gasteiger partial charge in [0.05, 0.1) is 6.10 Å². The van der Waals surface area contributed by atoms with E-state index in [1.807, 2.05) is 12.1 Å². The van der Waals surface area contributed by atoms with Crippen LogP contribution < -0.4 is 4.74 Å². The summed E-state index contributed by atoms with van der Waals surface area (Å²) in [4.78, 5) is 11.6. The Morgan fingerprint density at radius 2 is 1.69 bits per heavy atom. The molecule has 3 aliphatic rings. The number of benzene rings is 1. The van der Waals surface area contributed by atoms with Crippen molar-refractivity contribution in [2.75, 3.05) is 11.5 Å². The molecule has 0 heterocycles. The van der Waals surface area contributed by atoms with Crippen LogP contribution in [0.15, 0.2) is 30.4 Å². The zero-order valence-corrected chi connectivity index (χ0v) is 27.4. The number of hydrogen-bond donors (Lipinski definition) is 1. The maximum atomic E-state index is 13.0. The average Bonchev–Trinajstić information content (AvgIpc) is 3.18. The maximum Gasteiger partial charge on any atom is 0.453 e. The van der Waals surface area contributed by atoms with E-state index < -0.39 is 41.8 Å². The second-order valence-electron chi connectivity index (χ2n) is 13.9. The van der Waals surface area contributed by atoms with Crippen molar-refractivity contribution in [3.63, 3.8) is 0 Å². The van der Waals surface area contributed by atoms with Gasteiger partial charge in [0.2, 0.25) is 0 Å². The van der Waals surface area contributed by atoms with Crippen molar-refractivity contribution >= 4 is 16.8 Å². The first-order chi connectivity index (χ1) is 21.1. The Labute approximate surface area is 267 Å². The standard InChI is InChI=1S/C35H49F5O4S/c1-23-31(42)22-30-32-25(20-26-21-27(44-24(2)41)13-14-28(26)29(32)15-17-33(23,30)3)12-9-7-5-4-6-8-10-18-45(43)19-11-16-34(36,37)35(38,39)40/h13-14,21,25,29-32,42H,1,4-12,15-20,22H2,2-3H3/t25?,29?,30?,31-,32?,33-,45?/m1/s1. The maximum absolute atomic E-state index is 13.0. The number of hydrogen-bond acceptors (Lipinski definition) is 4. The first kappa shape index (κ1) is 36.0. The third-order valence-corrected chi connectivity index (χ3v) is 12.3. The van der Waals surface area contributed by atoms with Crippen molar-refractivity contribution in [2.45, 2.75) is 128 Å². The Bertz CT molecular complexity index is 1220. The van der Waals surface area contributed by atoms with Crippen LogP contribution in [0.5, 0.6) is 5.75 Å². The Morgan fingerprint density at radius 3 is 2.36 bits per heavy atom. The summed E-state index contributed by atoms with van der Waals surface area (Å²) in [5, 5.41) is 10.8. The number of carbonyl (C=O) groups is 1. The number of aliphatic hydroxyl groups is 1. The Morgan fingerprint density at radius 1 is 1.04 bits per heavy atom. The van der Waals surface area contributed by atoms with Gasteiger partial charge >= 0.3 is 18.1 Å². The number of carbonyl (C=O) groups excluding carboxylic acids is 1. The van der Waals surface area contributed by atoms with Crippen LogP contribution in [0, 0.1) is 23.2 Å². The van der Waals surface area contributed by atoms with Crippen molar-refractivity contribution < 1.29 is 40.8 Å². The van der Waals surface area contributed by atoms with Gasteiger partial charge in [0.25, 0.3) is 0 Å². The molecule has 0 bridgehead atoms. The van der Waals surface area contributed by atoms with Crippen LogP contribution in [0.4, 0.5) is 22.0 Å². The molecule has 0 saturated heterocycles. The minimum Gasteiger partial charge on any atom is -0.427 e. The summed E-state index contributed by atoms with van der Waals surface area (Å²) in [6.07, 6.45) is 4.03. The van der Waals surface area contributed by atoms with Crippen molar-refractivity contribution in [3.05, 3.63) is 41.5 Å². The Balaban J connectivity index is 1.22. The lowest BCUT2D eigenvalue weighted by atomic mass is 9.52. The molecule has 0 aromatic heterocycles. The number of ether oxygens (including phenoxy) is 1. The third kappa shape index (κ3) is 8.57. The SMILES string of the molecule is C=C1[C@H](O)CC2C3C(CCCCCCCCCS(=O)CCCC(F)(F)C(F)(F)F)Cc4cc(OC(C)=O)ccc4C3CC[C@]12C. The molecule has 3 aliphatic carbocycles. The van der Waals surface area contributed by atoms with Crippen LogP contribution in [-0.4, -0.2) is 45.0 Å². The fraction of sp³-hybridized carbons (Fsp3) is 0.743. The molecule has 4 nitrogen and oxygen atoms in total. The third-order valence-electron chi connectivity index (χ3n) is 10.9. The smallest absolute Gasteiger partial charge is 0.427 e. The molecule has 0 amide bonds. The molecule has 7 atom stereocenters. The molecule has 2 fully saturated rings. The van der Waals surface area contributed by atoms with Gasteiger partial charge in [-0.3, -0.25) is 9.00 Å². The average molecular weight is 661 g/mol. The molecule has 4 rings (SSSR count). The van der Waals surface area contributed by atoms with Gasteiger partial charge in [-0.05, 0) is 103 Å². The molecule has 254 valence electrons. The first-order valence-electron chi connectivity index (χ1n) is 16.6. The normalized spacial score (nSPS) is 28.7. The van der Waals surface area contributed by atoms with Crippen LogP contribution in [0.25, 0.3) is 0 Å². The molecule has 0 radical (unpaired) electrons. The molecular formula is C35H49F5O4S. The van der Waals surface area contributed by atoms with E-state index in [1.165, 1.54) is 18.1 Å². The van der Waals surface area contributed by atoms with Gasteiger partial charge in [-0.15, -0.1) is 0 Å². The highest BCUT2D eigenvalue weighted by atomic mass is 32.2. The molecule has 45 heavy (non-hydrogen) atoms. The highest BCUT2D eigenvalue weighted by molar-refractivity contribution is 7.84. The number of esters is 1. The monoisotopic (exact) mass is 660 g/mol. The molecule has 1 aromatic carbocycles. The lowest BCUT2D eigenvalue weighted by Crippen LogP contribution is -2.44. The van der Waals surface area contributed by atoms with Crippen molar-refractivity contribution in [3.8, 4) is 5.75 Å². The van der Waals surface area contributed by atoms with E-state index in [-0.39, 0.29) is 17.1 Å². The van der Waals surface area contributed by atoms with Gasteiger partial charge in [-0.2, -0.15) is 22.0 Å². The number of halogens is 5. The quantitative estimate of drug-likeness (QED) is 0.0671. The number of fused-ring (bicyclic) bond motifs is 5. The van der Waals surface area contributed by atoms with E-state index in [9.17, 15) is 36.1 Å². The minimum atomic E-state index is -5.55. The van der Waals surface area contributed by atoms with Crippen molar-refractivity contribution in [2.24, 2.45) is 23.2 Å². The molecule has 1 aromatic rings. The highest BCUT2D eigenvalue weighted by Gasteiger charge is 2.57. The van der Waals surface area contributed by atoms with Crippen LogP contribution in [0.1, 0.15) is 114 Å². The second-order valence-corrected chi connectivity index (χ2v) is 15.6. The lowest BCUT2D eigenvalue weighted by Gasteiger charge is -2.52. The van der Waals surface area contributed by atoms with E-state index >= 15 is 0 Å². The predicted molar refractivity (Wildman–Crippen MR) is 167 cm³/mol. The number of aliphatic hydroxyl groups excluding tert-OH is 1. The van der Waals surface area contributed by atoms with Crippen LogP contribution in [0.3, 0.4) is 0 Å². The summed E-state index contributed by atoms with van der Waals surface area (Å²) in [6, 6.07) is 6.10. The van der Waals surface area contributed by atoms with Gasteiger partial charge in [-0.25, -0.2) is 0 Å². The van der Waals surface area contributed by atoms with Crippen molar-refractivity contribution in [1.29, 1.82) is 0 Å². The molecule has 10 heteroatoms. The number of alkyl halides is 5.